The average molecular weight is 962 g/mol. The van der Waals surface area contributed by atoms with Crippen molar-refractivity contribution < 1.29 is 132 Å². The molecular formula is C36H54N8O17Zr. The van der Waals surface area contributed by atoms with Gasteiger partial charge < -0.3 is 89.5 Å². The van der Waals surface area contributed by atoms with Crippen LogP contribution in [0.1, 0.15) is 25.7 Å². The van der Waals surface area contributed by atoms with Gasteiger partial charge in [0.15, 0.2) is 51.0 Å². The Hall–Kier alpha value is -6.44. The van der Waals surface area contributed by atoms with E-state index in [1.54, 1.807) is 0 Å². The number of rotatable bonds is 12. The molecule has 0 aliphatic rings. The second kappa shape index (κ2) is 36.4. The van der Waals surface area contributed by atoms with E-state index in [0.29, 0.717) is 0 Å². The van der Waals surface area contributed by atoms with E-state index in [0.717, 1.165) is 0 Å². The number of carbonyl (C=O) groups is 4. The van der Waals surface area contributed by atoms with E-state index in [-0.39, 0.29) is 129 Å². The SMILES string of the molecule is CNC(=O)CC[n+]1cccc([O-])c1[O-].CNC(=O)CC[n+]1cccc([O-])c1[O-].CNC(=O)CC[n+]1cccc([O-])c1[O-].CNC(=O)CC[n+]1cccc([O-])c1[O-].O.O.O.O.O.[Zr+4]. The second-order valence-electron chi connectivity index (χ2n) is 11.2. The Morgan fingerprint density at radius 2 is 0.548 bits per heavy atom. The standard InChI is InChI=1S/4C9H12N2O3.5H2O.Zr/c4*1-10-8(13)4-6-11-5-2-3-7(12)9(11)14;;;;;;/h4*2-3,5H,4,6H2,1H3,(H2,10,12,13);5*1H2;/q;;;;;;;;;+4/p-4. The molecule has 0 spiro atoms. The van der Waals surface area contributed by atoms with Crippen molar-refractivity contribution in [2.75, 3.05) is 28.2 Å². The molecule has 0 bridgehead atoms. The Bertz CT molecular complexity index is 1640. The molecule has 4 heterocycles. The Balaban J connectivity index is -0.000000163. The molecule has 4 aromatic heterocycles. The molecule has 0 saturated heterocycles. The number of aryl methyl sites for hydroxylation is 4. The van der Waals surface area contributed by atoms with Crippen LogP contribution in [0.15, 0.2) is 73.3 Å². The van der Waals surface area contributed by atoms with Gasteiger partial charge in [0.2, 0.25) is 23.6 Å². The zero-order valence-corrected chi connectivity index (χ0v) is 36.7. The van der Waals surface area contributed by atoms with Crippen molar-refractivity contribution in [1.82, 2.24) is 21.3 Å². The van der Waals surface area contributed by atoms with Crippen LogP contribution >= 0.6 is 0 Å². The predicted molar refractivity (Wildman–Crippen MR) is 195 cm³/mol. The summed E-state index contributed by atoms with van der Waals surface area (Å²) in [5.74, 6) is -5.19. The summed E-state index contributed by atoms with van der Waals surface area (Å²) in [6.45, 7) is 0.923. The van der Waals surface area contributed by atoms with Crippen molar-refractivity contribution in [3.8, 4) is 46.5 Å². The van der Waals surface area contributed by atoms with E-state index in [9.17, 15) is 60.0 Å². The zero-order valence-electron chi connectivity index (χ0n) is 34.3. The van der Waals surface area contributed by atoms with Gasteiger partial charge in [0.05, 0.1) is 25.7 Å². The Kier molecular flexibility index (Phi) is 39.6. The van der Waals surface area contributed by atoms with Crippen molar-refractivity contribution in [2.24, 2.45) is 0 Å². The molecule has 0 aliphatic heterocycles. The van der Waals surface area contributed by atoms with Gasteiger partial charge in [0.25, 0.3) is 0 Å². The van der Waals surface area contributed by atoms with Crippen molar-refractivity contribution >= 4 is 23.6 Å². The maximum Gasteiger partial charge on any atom is 4.00 e. The van der Waals surface area contributed by atoms with Crippen molar-refractivity contribution in [3.05, 3.63) is 73.3 Å². The summed E-state index contributed by atoms with van der Waals surface area (Å²) in [5.41, 5.74) is 0. The van der Waals surface area contributed by atoms with Gasteiger partial charge in [-0.05, 0) is 23.0 Å². The van der Waals surface area contributed by atoms with E-state index >= 15 is 0 Å². The normalized spacial score (nSPS) is 8.84. The molecule has 0 fully saturated rings. The first kappa shape index (κ1) is 67.3. The first-order valence-electron chi connectivity index (χ1n) is 16.9. The van der Waals surface area contributed by atoms with E-state index in [4.69, 9.17) is 0 Å². The van der Waals surface area contributed by atoms with Crippen LogP contribution in [0, 0.1) is 0 Å². The summed E-state index contributed by atoms with van der Waals surface area (Å²) in [6, 6.07) is 10.8. The van der Waals surface area contributed by atoms with Gasteiger partial charge in [0, 0.05) is 52.5 Å². The minimum absolute atomic E-state index is 0. The first-order valence-corrected chi connectivity index (χ1v) is 16.9. The minimum Gasteiger partial charge on any atom is -0.869 e. The molecule has 25 nitrogen and oxygen atoms in total. The number of aromatic nitrogens is 4. The number of hydrogen-bond acceptors (Lipinski definition) is 12. The van der Waals surface area contributed by atoms with Gasteiger partial charge in [-0.25, -0.2) is 18.3 Å². The molecule has 344 valence electrons. The number of amides is 4. The van der Waals surface area contributed by atoms with E-state index < -0.39 is 46.5 Å². The monoisotopic (exact) mass is 960 g/mol. The van der Waals surface area contributed by atoms with Gasteiger partial charge in [0.1, 0.15) is 23.5 Å². The summed E-state index contributed by atoms with van der Waals surface area (Å²) < 4.78 is 4.93. The molecule has 0 atom stereocenters. The Morgan fingerprint density at radius 1 is 0.387 bits per heavy atom. The largest absolute Gasteiger partial charge is 4.00 e. The predicted octanol–water partition coefficient (Wildman–Crippen LogP) is -11.1. The summed E-state index contributed by atoms with van der Waals surface area (Å²) >= 11 is 0. The maximum absolute atomic E-state index is 11.2. The van der Waals surface area contributed by atoms with Gasteiger partial charge in [-0.2, -0.15) is 0 Å². The molecule has 0 aromatic carbocycles. The van der Waals surface area contributed by atoms with Gasteiger partial charge >= 0.3 is 26.2 Å². The summed E-state index contributed by atoms with van der Waals surface area (Å²) in [6.07, 6.45) is 6.75. The van der Waals surface area contributed by atoms with Gasteiger partial charge in [-0.15, -0.1) is 0 Å². The molecule has 4 amide bonds. The van der Waals surface area contributed by atoms with Crippen molar-refractivity contribution in [2.45, 2.75) is 51.9 Å². The van der Waals surface area contributed by atoms with Gasteiger partial charge in [-0.1, -0.05) is 24.3 Å². The van der Waals surface area contributed by atoms with Crippen molar-refractivity contribution in [1.29, 1.82) is 0 Å². The number of pyridine rings is 4. The quantitative estimate of drug-likeness (QED) is 0.0962. The Labute approximate surface area is 375 Å². The molecule has 0 aliphatic carbocycles. The summed E-state index contributed by atoms with van der Waals surface area (Å²) in [5, 5.41) is 98.2. The van der Waals surface area contributed by atoms with Crippen LogP contribution in [-0.4, -0.2) is 79.2 Å². The minimum atomic E-state index is -0.587. The third kappa shape index (κ3) is 24.6. The smallest absolute Gasteiger partial charge is 0.869 e. The van der Waals surface area contributed by atoms with Crippen molar-refractivity contribution in [3.63, 3.8) is 0 Å². The first-order chi connectivity index (χ1) is 26.6. The third-order valence-electron chi connectivity index (χ3n) is 7.38. The molecule has 0 unspecified atom stereocenters. The molecular weight excluding hydrogens is 908 g/mol. The molecule has 0 radical (unpaired) electrons. The fourth-order valence-corrected chi connectivity index (χ4v) is 4.15. The average Bonchev–Trinajstić information content (AvgIpc) is 3.20. The van der Waals surface area contributed by atoms with Crippen LogP contribution in [0.3, 0.4) is 0 Å². The van der Waals surface area contributed by atoms with Crippen LogP contribution < -0.4 is 80.4 Å². The molecule has 62 heavy (non-hydrogen) atoms. The number of nitrogens with one attached hydrogen (secondary N) is 4. The second-order valence-corrected chi connectivity index (χ2v) is 11.2. The molecule has 26 heteroatoms. The van der Waals surface area contributed by atoms with Gasteiger partial charge in [-0.3, -0.25) is 19.2 Å². The number of hydrogen-bond donors (Lipinski definition) is 4. The van der Waals surface area contributed by atoms with E-state index in [2.05, 4.69) is 21.3 Å². The fraction of sp³-hybridized carbons (Fsp3) is 0.333. The molecule has 4 rings (SSSR count). The van der Waals surface area contributed by atoms with Crippen LogP contribution in [0.2, 0.25) is 0 Å². The van der Waals surface area contributed by atoms with E-state index in [1.165, 1.54) is 120 Å². The van der Waals surface area contributed by atoms with Crippen LogP contribution in [-0.2, 0) is 71.6 Å². The van der Waals surface area contributed by atoms with E-state index in [1.807, 2.05) is 0 Å². The number of nitrogens with zero attached hydrogens (tertiary/aromatic N) is 4. The topological polar surface area (TPSA) is 474 Å². The molecule has 4 aromatic rings. The number of carbonyl (C=O) groups excluding carboxylic acids is 4. The zero-order chi connectivity index (χ0) is 42.2. The fourth-order valence-electron chi connectivity index (χ4n) is 4.15. The van der Waals surface area contributed by atoms with Crippen LogP contribution in [0.4, 0.5) is 0 Å². The third-order valence-corrected chi connectivity index (χ3v) is 7.38. The molecule has 0 saturated carbocycles. The maximum atomic E-state index is 11.2. The molecule has 14 N–H and O–H groups in total. The van der Waals surface area contributed by atoms with Crippen LogP contribution in [0.25, 0.3) is 0 Å². The van der Waals surface area contributed by atoms with Crippen LogP contribution in [0.5, 0.6) is 46.5 Å². The Morgan fingerprint density at radius 3 is 0.694 bits per heavy atom. The summed E-state index contributed by atoms with van der Waals surface area (Å²) in [4.78, 5) is 43.5. The summed E-state index contributed by atoms with van der Waals surface area (Å²) in [7, 11) is 6.09.